The van der Waals surface area contributed by atoms with Crippen LogP contribution in [0.25, 0.3) is 10.9 Å². The first-order valence-corrected chi connectivity index (χ1v) is 12.8. The summed E-state index contributed by atoms with van der Waals surface area (Å²) in [6.45, 7) is 5.18. The highest BCUT2D eigenvalue weighted by Gasteiger charge is 2.41. The van der Waals surface area contributed by atoms with Crippen molar-refractivity contribution in [3.8, 4) is 0 Å². The number of piperidine rings is 1. The van der Waals surface area contributed by atoms with E-state index in [4.69, 9.17) is 0 Å². The molecule has 31 heavy (non-hydrogen) atoms. The number of rotatable bonds is 4. The molecule has 2 aliphatic rings. The third-order valence-corrected chi connectivity index (χ3v) is 8.03. The number of hydrogen-bond donors (Lipinski definition) is 0. The Hall–Kier alpha value is -2.51. The van der Waals surface area contributed by atoms with Gasteiger partial charge < -0.3 is 4.90 Å². The largest absolute Gasteiger partial charge is 0.355 e. The van der Waals surface area contributed by atoms with Gasteiger partial charge in [0.15, 0.2) is 9.84 Å². The van der Waals surface area contributed by atoms with Crippen LogP contribution in [0.1, 0.15) is 24.8 Å². The number of aromatic nitrogens is 2. The maximum atomic E-state index is 12.1. The second-order valence-corrected chi connectivity index (χ2v) is 11.1. The van der Waals surface area contributed by atoms with Crippen LogP contribution in [0, 0.1) is 5.41 Å². The zero-order valence-corrected chi connectivity index (χ0v) is 18.7. The van der Waals surface area contributed by atoms with E-state index < -0.39 is 9.84 Å². The summed E-state index contributed by atoms with van der Waals surface area (Å²) in [5.41, 5.74) is 2.48. The molecule has 2 aliphatic heterocycles. The maximum Gasteiger partial charge on any atom is 0.175 e. The van der Waals surface area contributed by atoms with Crippen LogP contribution in [0.15, 0.2) is 59.8 Å². The first-order valence-electron chi connectivity index (χ1n) is 10.9. The van der Waals surface area contributed by atoms with Crippen molar-refractivity contribution in [3.63, 3.8) is 0 Å². The average Bonchev–Trinajstić information content (AvgIpc) is 3.18. The molecule has 162 valence electrons. The lowest BCUT2D eigenvalue weighted by atomic mass is 9.77. The van der Waals surface area contributed by atoms with Crippen LogP contribution in [0.3, 0.4) is 0 Å². The molecule has 0 bridgehead atoms. The lowest BCUT2D eigenvalue weighted by Crippen LogP contribution is -2.41. The molecular formula is C24H28N4O2S. The molecule has 0 aliphatic carbocycles. The standard InChI is InChI=1S/C24H28N4O2S/c1-31(29,30)20-7-8-22-21(15-20)23(26-18-25-22)28-14-11-24(17-28)9-12-27(13-10-24)16-19-5-3-2-4-6-19/h2-8,15,18H,9-14,16-17H2,1H3. The van der Waals surface area contributed by atoms with Crippen molar-refractivity contribution in [1.82, 2.24) is 14.9 Å². The Labute approximate surface area is 183 Å². The third-order valence-electron chi connectivity index (χ3n) is 6.92. The number of hydrogen-bond acceptors (Lipinski definition) is 6. The third kappa shape index (κ3) is 4.16. The number of anilines is 1. The highest BCUT2D eigenvalue weighted by atomic mass is 32.2. The van der Waals surface area contributed by atoms with Gasteiger partial charge in [-0.1, -0.05) is 30.3 Å². The molecule has 2 fully saturated rings. The van der Waals surface area contributed by atoms with Crippen LogP contribution < -0.4 is 4.90 Å². The van der Waals surface area contributed by atoms with Crippen LogP contribution in [0.4, 0.5) is 5.82 Å². The summed E-state index contributed by atoms with van der Waals surface area (Å²) in [5, 5.41) is 0.823. The van der Waals surface area contributed by atoms with Gasteiger partial charge in [0, 0.05) is 31.3 Å². The van der Waals surface area contributed by atoms with Gasteiger partial charge in [0.25, 0.3) is 0 Å². The van der Waals surface area contributed by atoms with E-state index in [9.17, 15) is 8.42 Å². The van der Waals surface area contributed by atoms with Crippen molar-refractivity contribution >= 4 is 26.6 Å². The number of benzene rings is 2. The summed E-state index contributed by atoms with van der Waals surface area (Å²) < 4.78 is 24.1. The van der Waals surface area contributed by atoms with Crippen molar-refractivity contribution in [2.75, 3.05) is 37.3 Å². The van der Waals surface area contributed by atoms with Crippen LogP contribution in [-0.4, -0.2) is 55.7 Å². The molecule has 3 heterocycles. The molecule has 0 unspecified atom stereocenters. The summed E-state index contributed by atoms with van der Waals surface area (Å²) >= 11 is 0. The Balaban J connectivity index is 1.32. The number of sulfone groups is 1. The van der Waals surface area contributed by atoms with Gasteiger partial charge in [-0.2, -0.15) is 0 Å². The molecule has 7 heteroatoms. The molecule has 2 saturated heterocycles. The van der Waals surface area contributed by atoms with Gasteiger partial charge >= 0.3 is 0 Å². The zero-order valence-electron chi connectivity index (χ0n) is 17.9. The molecular weight excluding hydrogens is 408 g/mol. The van der Waals surface area contributed by atoms with Gasteiger partial charge in [-0.05, 0) is 61.5 Å². The van der Waals surface area contributed by atoms with Crippen LogP contribution in [0.2, 0.25) is 0 Å². The molecule has 0 saturated carbocycles. The second kappa shape index (κ2) is 7.88. The number of fused-ring (bicyclic) bond motifs is 1. The first kappa shape index (κ1) is 20.4. The van der Waals surface area contributed by atoms with Crippen LogP contribution in [0.5, 0.6) is 0 Å². The van der Waals surface area contributed by atoms with E-state index in [1.165, 1.54) is 24.7 Å². The maximum absolute atomic E-state index is 12.1. The van der Waals surface area contributed by atoms with Gasteiger partial charge in [-0.15, -0.1) is 0 Å². The lowest BCUT2D eigenvalue weighted by molar-refractivity contribution is 0.115. The Kier molecular flexibility index (Phi) is 5.18. The molecule has 0 radical (unpaired) electrons. The van der Waals surface area contributed by atoms with E-state index >= 15 is 0 Å². The fourth-order valence-corrected chi connectivity index (χ4v) is 5.70. The Morgan fingerprint density at radius 2 is 1.71 bits per heavy atom. The van der Waals surface area contributed by atoms with E-state index in [-0.39, 0.29) is 0 Å². The number of likely N-dealkylation sites (tertiary alicyclic amines) is 1. The first-order chi connectivity index (χ1) is 14.9. The molecule has 5 rings (SSSR count). The number of nitrogens with zero attached hydrogens (tertiary/aromatic N) is 4. The van der Waals surface area contributed by atoms with Gasteiger partial charge in [-0.25, -0.2) is 18.4 Å². The summed E-state index contributed by atoms with van der Waals surface area (Å²) in [5.74, 6) is 0.860. The van der Waals surface area contributed by atoms with E-state index in [1.54, 1.807) is 24.5 Å². The van der Waals surface area contributed by atoms with Crippen LogP contribution >= 0.6 is 0 Å². The quantitative estimate of drug-likeness (QED) is 0.623. The smallest absolute Gasteiger partial charge is 0.175 e. The molecule has 1 aromatic heterocycles. The van der Waals surface area contributed by atoms with Gasteiger partial charge in [-0.3, -0.25) is 4.90 Å². The van der Waals surface area contributed by atoms with E-state index in [0.717, 1.165) is 55.9 Å². The predicted molar refractivity (Wildman–Crippen MR) is 123 cm³/mol. The fourth-order valence-electron chi connectivity index (χ4n) is 5.06. The fraction of sp³-hybridized carbons (Fsp3) is 0.417. The average molecular weight is 437 g/mol. The highest BCUT2D eigenvalue weighted by Crippen LogP contribution is 2.42. The van der Waals surface area contributed by atoms with Crippen LogP contribution in [-0.2, 0) is 16.4 Å². The van der Waals surface area contributed by atoms with Crippen molar-refractivity contribution < 1.29 is 8.42 Å². The van der Waals surface area contributed by atoms with Crippen molar-refractivity contribution in [2.24, 2.45) is 5.41 Å². The zero-order chi connectivity index (χ0) is 21.5. The van der Waals surface area contributed by atoms with E-state index in [0.29, 0.717) is 10.3 Å². The molecule has 0 atom stereocenters. The van der Waals surface area contributed by atoms with Gasteiger partial charge in [0.05, 0.1) is 10.4 Å². The van der Waals surface area contributed by atoms with Gasteiger partial charge in [0.2, 0.25) is 0 Å². The van der Waals surface area contributed by atoms with Gasteiger partial charge in [0.1, 0.15) is 12.1 Å². The molecule has 2 aromatic carbocycles. The van der Waals surface area contributed by atoms with E-state index in [2.05, 4.69) is 50.1 Å². The summed E-state index contributed by atoms with van der Waals surface area (Å²) in [7, 11) is -3.27. The summed E-state index contributed by atoms with van der Waals surface area (Å²) in [6, 6.07) is 15.8. The van der Waals surface area contributed by atoms with E-state index in [1.807, 2.05) is 0 Å². The van der Waals surface area contributed by atoms with Crippen molar-refractivity contribution in [3.05, 3.63) is 60.4 Å². The molecule has 6 nitrogen and oxygen atoms in total. The SMILES string of the molecule is CS(=O)(=O)c1ccc2ncnc(N3CCC4(CCN(Cc5ccccc5)CC4)C3)c2c1. The van der Waals surface area contributed by atoms with Crippen molar-refractivity contribution in [1.29, 1.82) is 0 Å². The summed E-state index contributed by atoms with van der Waals surface area (Å²) in [4.78, 5) is 14.1. The minimum absolute atomic E-state index is 0.318. The Morgan fingerprint density at radius 1 is 0.968 bits per heavy atom. The second-order valence-electron chi connectivity index (χ2n) is 9.08. The molecule has 3 aromatic rings. The lowest BCUT2D eigenvalue weighted by Gasteiger charge is -2.39. The highest BCUT2D eigenvalue weighted by molar-refractivity contribution is 7.90. The molecule has 0 amide bonds. The minimum atomic E-state index is -3.27. The predicted octanol–water partition coefficient (Wildman–Crippen LogP) is 3.53. The normalized spacial score (nSPS) is 19.3. The Bertz CT molecular complexity index is 1190. The topological polar surface area (TPSA) is 66.4 Å². The Morgan fingerprint density at radius 3 is 2.45 bits per heavy atom. The minimum Gasteiger partial charge on any atom is -0.355 e. The van der Waals surface area contributed by atoms with Crippen molar-refractivity contribution in [2.45, 2.75) is 30.7 Å². The molecule has 1 spiro atoms. The summed E-state index contributed by atoms with van der Waals surface area (Å²) in [6.07, 6.45) is 6.36. The molecule has 0 N–H and O–H groups in total. The monoisotopic (exact) mass is 436 g/mol.